The Labute approximate surface area is 114 Å². The summed E-state index contributed by atoms with van der Waals surface area (Å²) in [6.45, 7) is 2.06. The minimum Gasteiger partial charge on any atom is -0.379 e. The lowest BCUT2D eigenvalue weighted by Crippen LogP contribution is -2.04. The molecule has 0 atom stereocenters. The van der Waals surface area contributed by atoms with Crippen LogP contribution in [0.5, 0.6) is 0 Å². The van der Waals surface area contributed by atoms with E-state index in [9.17, 15) is 18.9 Å². The van der Waals surface area contributed by atoms with Crippen LogP contribution in [0, 0.1) is 28.7 Å². The van der Waals surface area contributed by atoms with Crippen molar-refractivity contribution in [2.45, 2.75) is 13.5 Å². The Morgan fingerprint density at radius 1 is 1.20 bits per heavy atom. The maximum Gasteiger partial charge on any atom is 0.272 e. The van der Waals surface area contributed by atoms with Gasteiger partial charge in [-0.1, -0.05) is 6.07 Å². The summed E-state index contributed by atoms with van der Waals surface area (Å²) in [5.41, 5.74) is 1.40. The monoisotopic (exact) mass is 278 g/mol. The standard InChI is InChI=1S/C14H12F2N2O2/c1-9-2-3-11(15)6-10(9)8-17-14-5-4-12(18(19)20)7-13(14)16/h2-7,17H,8H2,1H3. The van der Waals surface area contributed by atoms with Crippen LogP contribution < -0.4 is 5.32 Å². The Hall–Kier alpha value is -2.50. The summed E-state index contributed by atoms with van der Waals surface area (Å²) >= 11 is 0. The van der Waals surface area contributed by atoms with Gasteiger partial charge in [-0.15, -0.1) is 0 Å². The first kappa shape index (κ1) is 13.9. The number of rotatable bonds is 4. The first-order valence-electron chi connectivity index (χ1n) is 5.90. The van der Waals surface area contributed by atoms with Crippen molar-refractivity contribution in [3.63, 3.8) is 0 Å². The summed E-state index contributed by atoms with van der Waals surface area (Å²) < 4.78 is 26.8. The molecule has 2 aromatic carbocycles. The maximum atomic E-state index is 13.7. The van der Waals surface area contributed by atoms with Crippen LogP contribution in [0.4, 0.5) is 20.2 Å². The maximum absolute atomic E-state index is 13.7. The van der Waals surface area contributed by atoms with Crippen LogP contribution in [0.15, 0.2) is 36.4 Å². The van der Waals surface area contributed by atoms with Crippen molar-refractivity contribution in [2.24, 2.45) is 0 Å². The van der Waals surface area contributed by atoms with E-state index >= 15 is 0 Å². The number of nitrogens with one attached hydrogen (secondary N) is 1. The highest BCUT2D eigenvalue weighted by Gasteiger charge is 2.10. The zero-order chi connectivity index (χ0) is 14.7. The number of nitrogens with zero attached hydrogens (tertiary/aromatic N) is 1. The van der Waals surface area contributed by atoms with Crippen LogP contribution >= 0.6 is 0 Å². The van der Waals surface area contributed by atoms with Crippen LogP contribution in [0.3, 0.4) is 0 Å². The van der Waals surface area contributed by atoms with Crippen molar-refractivity contribution in [3.8, 4) is 0 Å². The zero-order valence-corrected chi connectivity index (χ0v) is 10.7. The second-order valence-electron chi connectivity index (χ2n) is 4.35. The molecule has 0 aliphatic carbocycles. The molecular weight excluding hydrogens is 266 g/mol. The molecule has 0 saturated carbocycles. The predicted molar refractivity (Wildman–Crippen MR) is 71.5 cm³/mol. The Bertz CT molecular complexity index is 660. The lowest BCUT2D eigenvalue weighted by molar-refractivity contribution is -0.385. The van der Waals surface area contributed by atoms with Gasteiger partial charge in [0.1, 0.15) is 5.82 Å². The van der Waals surface area contributed by atoms with E-state index < -0.39 is 10.7 Å². The summed E-state index contributed by atoms with van der Waals surface area (Å²) in [4.78, 5) is 9.84. The number of benzene rings is 2. The van der Waals surface area contributed by atoms with Gasteiger partial charge in [-0.2, -0.15) is 0 Å². The van der Waals surface area contributed by atoms with Crippen LogP contribution in [0.2, 0.25) is 0 Å². The molecule has 1 N–H and O–H groups in total. The molecular formula is C14H12F2N2O2. The van der Waals surface area contributed by atoms with Gasteiger partial charge in [0.2, 0.25) is 0 Å². The normalized spacial score (nSPS) is 10.3. The molecule has 104 valence electrons. The minimum atomic E-state index is -0.715. The summed E-state index contributed by atoms with van der Waals surface area (Å²) in [7, 11) is 0. The molecule has 4 nitrogen and oxygen atoms in total. The van der Waals surface area contributed by atoms with E-state index in [2.05, 4.69) is 5.32 Å². The smallest absolute Gasteiger partial charge is 0.272 e. The highest BCUT2D eigenvalue weighted by atomic mass is 19.1. The third-order valence-electron chi connectivity index (χ3n) is 2.94. The number of anilines is 1. The van der Waals surface area contributed by atoms with E-state index in [1.807, 2.05) is 6.92 Å². The molecule has 0 aliphatic rings. The number of halogens is 2. The Kier molecular flexibility index (Phi) is 3.93. The fraction of sp³-hybridized carbons (Fsp3) is 0.143. The van der Waals surface area contributed by atoms with Crippen LogP contribution in [0.1, 0.15) is 11.1 Å². The molecule has 0 saturated heterocycles. The Morgan fingerprint density at radius 3 is 2.60 bits per heavy atom. The molecule has 6 heteroatoms. The first-order chi connectivity index (χ1) is 9.47. The van der Waals surface area contributed by atoms with Crippen LogP contribution in [-0.2, 0) is 6.54 Å². The second-order valence-corrected chi connectivity index (χ2v) is 4.35. The predicted octanol–water partition coefficient (Wildman–Crippen LogP) is 3.79. The molecule has 0 spiro atoms. The number of nitro groups is 1. The number of hydrogen-bond donors (Lipinski definition) is 1. The van der Waals surface area contributed by atoms with Crippen molar-refractivity contribution in [3.05, 3.63) is 69.3 Å². The molecule has 0 heterocycles. The van der Waals surface area contributed by atoms with Crippen LogP contribution in [0.25, 0.3) is 0 Å². The van der Waals surface area contributed by atoms with Crippen LogP contribution in [-0.4, -0.2) is 4.92 Å². The van der Waals surface area contributed by atoms with E-state index in [0.29, 0.717) is 5.56 Å². The summed E-state index contributed by atoms with van der Waals surface area (Å²) in [5, 5.41) is 13.3. The van der Waals surface area contributed by atoms with Crippen molar-refractivity contribution in [1.82, 2.24) is 0 Å². The van der Waals surface area contributed by atoms with E-state index in [1.54, 1.807) is 6.07 Å². The summed E-state index contributed by atoms with van der Waals surface area (Å²) in [5.74, 6) is -1.08. The van der Waals surface area contributed by atoms with E-state index in [0.717, 1.165) is 11.6 Å². The molecule has 0 bridgehead atoms. The van der Waals surface area contributed by atoms with Crippen molar-refractivity contribution in [1.29, 1.82) is 0 Å². The van der Waals surface area contributed by atoms with Gasteiger partial charge in [-0.05, 0) is 36.2 Å². The first-order valence-corrected chi connectivity index (χ1v) is 5.90. The fourth-order valence-corrected chi connectivity index (χ4v) is 1.78. The average Bonchev–Trinajstić information content (AvgIpc) is 2.40. The largest absolute Gasteiger partial charge is 0.379 e. The number of aryl methyl sites for hydroxylation is 1. The van der Waals surface area contributed by atoms with Gasteiger partial charge in [0.05, 0.1) is 16.7 Å². The number of non-ortho nitro benzene ring substituents is 1. The minimum absolute atomic E-state index is 0.138. The molecule has 0 amide bonds. The van der Waals surface area contributed by atoms with Gasteiger partial charge in [0.15, 0.2) is 5.82 Å². The summed E-state index contributed by atoms with van der Waals surface area (Å²) in [6, 6.07) is 7.71. The Morgan fingerprint density at radius 2 is 1.95 bits per heavy atom. The lowest BCUT2D eigenvalue weighted by atomic mass is 10.1. The van der Waals surface area contributed by atoms with Gasteiger partial charge >= 0.3 is 0 Å². The lowest BCUT2D eigenvalue weighted by Gasteiger charge is -2.10. The van der Waals surface area contributed by atoms with Gasteiger partial charge in [0.25, 0.3) is 5.69 Å². The molecule has 2 rings (SSSR count). The number of hydrogen-bond acceptors (Lipinski definition) is 3. The molecule has 0 unspecified atom stereocenters. The van der Waals surface area contributed by atoms with E-state index in [1.165, 1.54) is 24.3 Å². The topological polar surface area (TPSA) is 55.2 Å². The SMILES string of the molecule is Cc1ccc(F)cc1CNc1ccc([N+](=O)[O-])cc1F. The summed E-state index contributed by atoms with van der Waals surface area (Å²) in [6.07, 6.45) is 0. The molecule has 0 aromatic heterocycles. The third-order valence-corrected chi connectivity index (χ3v) is 2.94. The second kappa shape index (κ2) is 5.64. The van der Waals surface area contributed by atoms with Crippen molar-refractivity contribution in [2.75, 3.05) is 5.32 Å². The average molecular weight is 278 g/mol. The molecule has 0 aliphatic heterocycles. The van der Waals surface area contributed by atoms with E-state index in [4.69, 9.17) is 0 Å². The highest BCUT2D eigenvalue weighted by Crippen LogP contribution is 2.21. The quantitative estimate of drug-likeness (QED) is 0.683. The van der Waals surface area contributed by atoms with Crippen molar-refractivity contribution >= 4 is 11.4 Å². The molecule has 20 heavy (non-hydrogen) atoms. The van der Waals surface area contributed by atoms with Gasteiger partial charge in [-0.3, -0.25) is 10.1 Å². The van der Waals surface area contributed by atoms with Gasteiger partial charge < -0.3 is 5.32 Å². The Balaban J connectivity index is 2.15. The highest BCUT2D eigenvalue weighted by molar-refractivity contribution is 5.50. The number of nitro benzene ring substituents is 1. The fourth-order valence-electron chi connectivity index (χ4n) is 1.78. The van der Waals surface area contributed by atoms with Crippen molar-refractivity contribution < 1.29 is 13.7 Å². The molecule has 0 radical (unpaired) electrons. The van der Waals surface area contributed by atoms with Gasteiger partial charge in [-0.25, -0.2) is 8.78 Å². The van der Waals surface area contributed by atoms with Gasteiger partial charge in [0, 0.05) is 12.6 Å². The third kappa shape index (κ3) is 3.09. The molecule has 2 aromatic rings. The van der Waals surface area contributed by atoms with E-state index in [-0.39, 0.29) is 23.7 Å². The molecule has 0 fully saturated rings. The zero-order valence-electron chi connectivity index (χ0n) is 10.7.